The number of carbonyl (C=O) groups is 3. The average molecular weight is 272 g/mol. The molecule has 1 N–H and O–H groups in total. The zero-order valence-corrected chi connectivity index (χ0v) is 11.3. The number of aldehydes is 1. The van der Waals surface area contributed by atoms with Gasteiger partial charge in [0.15, 0.2) is 12.1 Å². The lowest BCUT2D eigenvalue weighted by molar-refractivity contribution is 0.0973. The predicted molar refractivity (Wildman–Crippen MR) is 73.9 cm³/mol. The molecule has 1 aromatic rings. The van der Waals surface area contributed by atoms with Gasteiger partial charge in [0.2, 0.25) is 5.78 Å². The van der Waals surface area contributed by atoms with Crippen LogP contribution in [0.4, 0.5) is 0 Å². The molecule has 0 bridgehead atoms. The van der Waals surface area contributed by atoms with E-state index in [2.05, 4.69) is 17.2 Å². The highest BCUT2D eigenvalue weighted by atomic mass is 16.1. The first-order valence-electron chi connectivity index (χ1n) is 6.68. The number of pyridine rings is 1. The summed E-state index contributed by atoms with van der Waals surface area (Å²) in [6, 6.07) is 2.90. The van der Waals surface area contributed by atoms with Crippen LogP contribution in [0.3, 0.4) is 0 Å². The van der Waals surface area contributed by atoms with E-state index < -0.39 is 0 Å². The lowest BCUT2D eigenvalue weighted by Gasteiger charge is -2.15. The summed E-state index contributed by atoms with van der Waals surface area (Å²) in [5.74, 6) is -0.595. The zero-order chi connectivity index (χ0) is 14.5. The van der Waals surface area contributed by atoms with E-state index in [0.29, 0.717) is 12.8 Å². The Balaban J connectivity index is 2.20. The molecule has 0 saturated heterocycles. The van der Waals surface area contributed by atoms with E-state index in [1.54, 1.807) is 0 Å². The van der Waals surface area contributed by atoms with Crippen molar-refractivity contribution in [2.75, 3.05) is 6.54 Å². The summed E-state index contributed by atoms with van der Waals surface area (Å²) in [5, 5.41) is 2.98. The lowest BCUT2D eigenvalue weighted by atomic mass is 9.97. The van der Waals surface area contributed by atoms with Crippen molar-refractivity contribution in [3.8, 4) is 0 Å². The highest BCUT2D eigenvalue weighted by Crippen LogP contribution is 2.18. The van der Waals surface area contributed by atoms with Crippen LogP contribution in [0, 0.1) is 0 Å². The van der Waals surface area contributed by atoms with Crippen molar-refractivity contribution in [1.29, 1.82) is 0 Å². The Morgan fingerprint density at radius 1 is 1.25 bits per heavy atom. The van der Waals surface area contributed by atoms with E-state index in [1.165, 1.54) is 18.2 Å². The van der Waals surface area contributed by atoms with Crippen molar-refractivity contribution in [2.24, 2.45) is 0 Å². The van der Waals surface area contributed by atoms with Crippen LogP contribution >= 0.6 is 0 Å². The predicted octanol–water partition coefficient (Wildman–Crippen LogP) is 1.94. The van der Waals surface area contributed by atoms with Gasteiger partial charge < -0.3 is 5.32 Å². The number of unbranched alkanes of at least 4 members (excludes halogenated alkanes) is 2. The maximum absolute atomic E-state index is 12.2. The van der Waals surface area contributed by atoms with Gasteiger partial charge >= 0.3 is 0 Å². The Morgan fingerprint density at radius 2 is 2.05 bits per heavy atom. The fourth-order valence-corrected chi connectivity index (χ4v) is 2.04. The molecule has 0 saturated carbocycles. The SMILES string of the molecule is CCCCCNC1=CC(=O)c2ccc(C=O)nc2C1=O. The Morgan fingerprint density at radius 3 is 2.75 bits per heavy atom. The number of hydrogen-bond acceptors (Lipinski definition) is 5. The standard InChI is InChI=1S/C15H16N2O3/c1-2-3-4-7-16-12-8-13(19)11-6-5-10(9-18)17-14(11)15(12)20/h5-6,8-9,16H,2-4,7H2,1H3. The normalized spacial score (nSPS) is 13.8. The molecule has 1 aliphatic carbocycles. The molecule has 0 amide bonds. The second kappa shape index (κ2) is 6.23. The number of nitrogens with one attached hydrogen (secondary N) is 1. The van der Waals surface area contributed by atoms with Gasteiger partial charge in [-0.15, -0.1) is 0 Å². The minimum absolute atomic E-state index is 0.0556. The summed E-state index contributed by atoms with van der Waals surface area (Å²) in [4.78, 5) is 38.8. The first-order valence-corrected chi connectivity index (χ1v) is 6.68. The molecule has 0 aliphatic heterocycles. The number of carbonyl (C=O) groups excluding carboxylic acids is 3. The minimum atomic E-state index is -0.334. The molecule has 0 unspecified atom stereocenters. The molecule has 5 heteroatoms. The molecule has 20 heavy (non-hydrogen) atoms. The van der Waals surface area contributed by atoms with E-state index in [4.69, 9.17) is 0 Å². The van der Waals surface area contributed by atoms with E-state index in [-0.39, 0.29) is 34.2 Å². The average Bonchev–Trinajstić information content (AvgIpc) is 2.47. The molecular weight excluding hydrogens is 256 g/mol. The van der Waals surface area contributed by atoms with E-state index in [0.717, 1.165) is 19.3 Å². The quantitative estimate of drug-likeness (QED) is 0.632. The van der Waals surface area contributed by atoms with Gasteiger partial charge in [0, 0.05) is 12.6 Å². The van der Waals surface area contributed by atoms with E-state index >= 15 is 0 Å². The van der Waals surface area contributed by atoms with Crippen LogP contribution in [0.5, 0.6) is 0 Å². The first kappa shape index (κ1) is 14.1. The molecule has 1 heterocycles. The Bertz CT molecular complexity index is 591. The smallest absolute Gasteiger partial charge is 0.228 e. The summed E-state index contributed by atoms with van der Waals surface area (Å²) in [7, 11) is 0. The van der Waals surface area contributed by atoms with Gasteiger partial charge in [0.05, 0.1) is 11.3 Å². The minimum Gasteiger partial charge on any atom is -0.382 e. The van der Waals surface area contributed by atoms with Crippen molar-refractivity contribution >= 4 is 17.9 Å². The Labute approximate surface area is 117 Å². The van der Waals surface area contributed by atoms with Gasteiger partial charge in [-0.1, -0.05) is 19.8 Å². The van der Waals surface area contributed by atoms with Gasteiger partial charge in [-0.2, -0.15) is 0 Å². The third-order valence-electron chi connectivity index (χ3n) is 3.13. The molecule has 0 fully saturated rings. The number of ketones is 2. The number of hydrogen-bond donors (Lipinski definition) is 1. The Kier molecular flexibility index (Phi) is 4.40. The molecule has 0 radical (unpaired) electrons. The van der Waals surface area contributed by atoms with Crippen molar-refractivity contribution in [2.45, 2.75) is 26.2 Å². The second-order valence-electron chi connectivity index (χ2n) is 4.64. The fraction of sp³-hybridized carbons (Fsp3) is 0.333. The van der Waals surface area contributed by atoms with Crippen LogP contribution in [0.25, 0.3) is 0 Å². The largest absolute Gasteiger partial charge is 0.382 e. The molecule has 104 valence electrons. The van der Waals surface area contributed by atoms with Crippen molar-refractivity contribution in [1.82, 2.24) is 10.3 Å². The Hall–Kier alpha value is -2.30. The summed E-state index contributed by atoms with van der Waals surface area (Å²) >= 11 is 0. The van der Waals surface area contributed by atoms with E-state index in [9.17, 15) is 14.4 Å². The third-order valence-corrected chi connectivity index (χ3v) is 3.13. The van der Waals surface area contributed by atoms with Gasteiger partial charge in [-0.3, -0.25) is 14.4 Å². The van der Waals surface area contributed by atoms with Crippen molar-refractivity contribution < 1.29 is 14.4 Å². The highest BCUT2D eigenvalue weighted by Gasteiger charge is 2.27. The van der Waals surface area contributed by atoms with Crippen LogP contribution in [0.15, 0.2) is 23.9 Å². The molecule has 0 spiro atoms. The summed E-state index contributed by atoms with van der Waals surface area (Å²) in [5.41, 5.74) is 0.714. The number of rotatable bonds is 6. The fourth-order valence-electron chi connectivity index (χ4n) is 2.04. The van der Waals surface area contributed by atoms with Crippen LogP contribution < -0.4 is 5.32 Å². The molecule has 0 atom stereocenters. The van der Waals surface area contributed by atoms with Crippen molar-refractivity contribution in [3.63, 3.8) is 0 Å². The summed E-state index contributed by atoms with van der Waals surface area (Å²) in [6.07, 6.45) is 4.95. The van der Waals surface area contributed by atoms with Gasteiger partial charge in [0.25, 0.3) is 0 Å². The first-order chi connectivity index (χ1) is 9.67. The zero-order valence-electron chi connectivity index (χ0n) is 11.3. The molecule has 1 aliphatic rings. The van der Waals surface area contributed by atoms with Crippen LogP contribution in [0.1, 0.15) is 57.5 Å². The molecule has 0 aromatic carbocycles. The van der Waals surface area contributed by atoms with Crippen LogP contribution in [-0.2, 0) is 0 Å². The molecule has 1 aromatic heterocycles. The number of allylic oxidation sites excluding steroid dienone is 2. The molecule has 5 nitrogen and oxygen atoms in total. The maximum Gasteiger partial charge on any atom is 0.228 e. The second-order valence-corrected chi connectivity index (χ2v) is 4.64. The van der Waals surface area contributed by atoms with Gasteiger partial charge in [-0.25, -0.2) is 4.98 Å². The lowest BCUT2D eigenvalue weighted by Crippen LogP contribution is -2.28. The topological polar surface area (TPSA) is 76.1 Å². The monoisotopic (exact) mass is 272 g/mol. The maximum atomic E-state index is 12.2. The number of Topliss-reactive ketones (excluding diaryl/α,β-unsaturated/α-hetero) is 1. The van der Waals surface area contributed by atoms with Crippen molar-refractivity contribution in [3.05, 3.63) is 40.9 Å². The number of nitrogens with zero attached hydrogens (tertiary/aromatic N) is 1. The third kappa shape index (κ3) is 2.82. The van der Waals surface area contributed by atoms with E-state index in [1.807, 2.05) is 0 Å². The molecular formula is C15H16N2O3. The van der Waals surface area contributed by atoms with Gasteiger partial charge in [-0.05, 0) is 18.6 Å². The number of aromatic nitrogens is 1. The van der Waals surface area contributed by atoms with Gasteiger partial charge in [0.1, 0.15) is 11.4 Å². The highest BCUT2D eigenvalue weighted by molar-refractivity contribution is 6.23. The molecule has 2 rings (SSSR count). The van der Waals surface area contributed by atoms with Crippen LogP contribution in [-0.4, -0.2) is 29.4 Å². The summed E-state index contributed by atoms with van der Waals surface area (Å²) in [6.45, 7) is 2.73. The summed E-state index contributed by atoms with van der Waals surface area (Å²) < 4.78 is 0. The van der Waals surface area contributed by atoms with Crippen LogP contribution in [0.2, 0.25) is 0 Å². The number of fused-ring (bicyclic) bond motifs is 1.